The van der Waals surface area contributed by atoms with Gasteiger partial charge in [0.15, 0.2) is 0 Å². The molecule has 17 heavy (non-hydrogen) atoms. The zero-order chi connectivity index (χ0) is 12.6. The van der Waals surface area contributed by atoms with Crippen molar-refractivity contribution < 1.29 is 4.79 Å². The van der Waals surface area contributed by atoms with Crippen molar-refractivity contribution in [3.05, 3.63) is 21.9 Å². The number of hydrogen-bond acceptors (Lipinski definition) is 2. The van der Waals surface area contributed by atoms with Crippen molar-refractivity contribution in [3.63, 3.8) is 0 Å². The molecule has 0 bridgehead atoms. The zero-order valence-corrected chi connectivity index (χ0v) is 12.1. The van der Waals surface area contributed by atoms with Gasteiger partial charge >= 0.3 is 0 Å². The number of carbonyl (C=O) groups is 1. The van der Waals surface area contributed by atoms with Crippen LogP contribution in [-0.2, 0) is 11.2 Å². The number of thiophene rings is 1. The summed E-state index contributed by atoms with van der Waals surface area (Å²) in [6.07, 6.45) is 0.974. The van der Waals surface area contributed by atoms with E-state index in [-0.39, 0.29) is 11.9 Å². The lowest BCUT2D eigenvalue weighted by Gasteiger charge is -2.38. The first-order valence-corrected chi connectivity index (χ1v) is 7.32. The number of halogens is 1. The van der Waals surface area contributed by atoms with Crippen LogP contribution in [0.1, 0.15) is 37.3 Å². The van der Waals surface area contributed by atoms with Gasteiger partial charge in [-0.25, -0.2) is 0 Å². The molecule has 0 saturated carbocycles. The van der Waals surface area contributed by atoms with E-state index in [0.29, 0.717) is 5.88 Å². The fourth-order valence-electron chi connectivity index (χ4n) is 2.23. The topological polar surface area (TPSA) is 20.3 Å². The third-order valence-electron chi connectivity index (χ3n) is 3.45. The van der Waals surface area contributed by atoms with E-state index in [1.807, 2.05) is 18.7 Å². The molecule has 1 aromatic rings. The van der Waals surface area contributed by atoms with Crippen LogP contribution in [0.4, 0.5) is 0 Å². The fraction of sp³-hybridized carbons (Fsp3) is 0.615. The number of hydrogen-bond donors (Lipinski definition) is 0. The lowest BCUT2D eigenvalue weighted by molar-refractivity contribution is -0.141. The molecule has 2 rings (SSSR count). The minimum atomic E-state index is -0.469. The van der Waals surface area contributed by atoms with Crippen LogP contribution in [0.15, 0.2) is 11.4 Å². The van der Waals surface area contributed by atoms with Gasteiger partial charge in [0.2, 0.25) is 5.91 Å². The fourth-order valence-corrected chi connectivity index (χ4v) is 3.31. The molecule has 1 aliphatic heterocycles. The van der Waals surface area contributed by atoms with E-state index in [2.05, 4.69) is 18.4 Å². The molecule has 0 aromatic carbocycles. The molecule has 0 aliphatic carbocycles. The SMILES string of the molecule is CC1c2ccsc2CCN1C(=O)C(C)(C)CCl. The smallest absolute Gasteiger partial charge is 0.229 e. The Balaban J connectivity index is 2.23. The molecule has 1 unspecified atom stereocenters. The summed E-state index contributed by atoms with van der Waals surface area (Å²) in [5.74, 6) is 0.530. The van der Waals surface area contributed by atoms with Crippen molar-refractivity contribution in [2.24, 2.45) is 5.41 Å². The molecule has 4 heteroatoms. The van der Waals surface area contributed by atoms with E-state index in [4.69, 9.17) is 11.6 Å². The van der Waals surface area contributed by atoms with Gasteiger partial charge in [-0.05, 0) is 44.2 Å². The molecule has 1 aliphatic rings. The Morgan fingerprint density at radius 3 is 3.00 bits per heavy atom. The molecular weight excluding hydrogens is 254 g/mol. The van der Waals surface area contributed by atoms with Crippen molar-refractivity contribution in [2.45, 2.75) is 33.2 Å². The van der Waals surface area contributed by atoms with Gasteiger partial charge in [0, 0.05) is 17.3 Å². The van der Waals surface area contributed by atoms with Crippen molar-refractivity contribution in [3.8, 4) is 0 Å². The Hall–Kier alpha value is -0.540. The van der Waals surface area contributed by atoms with Gasteiger partial charge in [0.1, 0.15) is 0 Å². The Morgan fingerprint density at radius 2 is 2.35 bits per heavy atom. The standard InChI is InChI=1S/C13H18ClNOS/c1-9-10-5-7-17-11(10)4-6-15(9)12(16)13(2,3)8-14/h5,7,9H,4,6,8H2,1-3H3. The van der Waals surface area contributed by atoms with Crippen LogP contribution in [0.2, 0.25) is 0 Å². The molecular formula is C13H18ClNOS. The van der Waals surface area contributed by atoms with E-state index in [9.17, 15) is 4.79 Å². The molecule has 0 saturated heterocycles. The van der Waals surface area contributed by atoms with E-state index < -0.39 is 5.41 Å². The molecule has 0 radical (unpaired) electrons. The summed E-state index contributed by atoms with van der Waals surface area (Å²) in [5.41, 5.74) is 0.837. The van der Waals surface area contributed by atoms with Crippen molar-refractivity contribution in [1.29, 1.82) is 0 Å². The molecule has 2 heterocycles. The third-order valence-corrected chi connectivity index (χ3v) is 5.12. The summed E-state index contributed by atoms with van der Waals surface area (Å²) in [7, 11) is 0. The number of fused-ring (bicyclic) bond motifs is 1. The number of alkyl halides is 1. The van der Waals surface area contributed by atoms with Gasteiger partial charge in [0.05, 0.1) is 11.5 Å². The lowest BCUT2D eigenvalue weighted by Crippen LogP contribution is -2.45. The van der Waals surface area contributed by atoms with Crippen LogP contribution in [0.3, 0.4) is 0 Å². The summed E-state index contributed by atoms with van der Waals surface area (Å²) >= 11 is 7.68. The van der Waals surface area contributed by atoms with Crippen LogP contribution in [0, 0.1) is 5.41 Å². The molecule has 94 valence electrons. The van der Waals surface area contributed by atoms with Crippen LogP contribution in [0.25, 0.3) is 0 Å². The van der Waals surface area contributed by atoms with E-state index in [1.54, 1.807) is 11.3 Å². The predicted octanol–water partition coefficient (Wildman–Crippen LogP) is 3.46. The first-order chi connectivity index (χ1) is 7.97. The second-order valence-electron chi connectivity index (χ2n) is 5.24. The second kappa shape index (κ2) is 4.62. The Kier molecular flexibility index (Phi) is 3.50. The Morgan fingerprint density at radius 1 is 1.65 bits per heavy atom. The van der Waals surface area contributed by atoms with E-state index in [0.717, 1.165) is 13.0 Å². The minimum Gasteiger partial charge on any atom is -0.335 e. The maximum Gasteiger partial charge on any atom is 0.229 e. The molecule has 0 N–H and O–H groups in total. The first kappa shape index (κ1) is 12.9. The van der Waals surface area contributed by atoms with Crippen LogP contribution in [0.5, 0.6) is 0 Å². The largest absolute Gasteiger partial charge is 0.335 e. The highest BCUT2D eigenvalue weighted by molar-refractivity contribution is 7.10. The first-order valence-electron chi connectivity index (χ1n) is 5.90. The summed E-state index contributed by atoms with van der Waals surface area (Å²) in [4.78, 5) is 15.8. The van der Waals surface area contributed by atoms with Gasteiger partial charge in [0.25, 0.3) is 0 Å². The van der Waals surface area contributed by atoms with Gasteiger partial charge in [-0.2, -0.15) is 0 Å². The van der Waals surface area contributed by atoms with Gasteiger partial charge in [-0.1, -0.05) is 0 Å². The summed E-state index contributed by atoms with van der Waals surface area (Å²) in [5, 5.41) is 2.11. The average Bonchev–Trinajstić information content (AvgIpc) is 2.78. The lowest BCUT2D eigenvalue weighted by atomic mass is 9.91. The maximum atomic E-state index is 12.4. The zero-order valence-electron chi connectivity index (χ0n) is 10.5. The molecule has 0 fully saturated rings. The van der Waals surface area contributed by atoms with Gasteiger partial charge in [-0.15, -0.1) is 22.9 Å². The van der Waals surface area contributed by atoms with Crippen LogP contribution in [-0.4, -0.2) is 23.2 Å². The number of amides is 1. The molecule has 0 spiro atoms. The van der Waals surface area contributed by atoms with Gasteiger partial charge in [-0.3, -0.25) is 4.79 Å². The third kappa shape index (κ3) is 2.23. The highest BCUT2D eigenvalue weighted by Gasteiger charge is 2.36. The highest BCUT2D eigenvalue weighted by Crippen LogP contribution is 2.35. The van der Waals surface area contributed by atoms with E-state index in [1.165, 1.54) is 10.4 Å². The average molecular weight is 272 g/mol. The Bertz CT molecular complexity index is 427. The monoisotopic (exact) mass is 271 g/mol. The number of nitrogens with zero attached hydrogens (tertiary/aromatic N) is 1. The summed E-state index contributed by atoms with van der Waals surface area (Å²) in [6, 6.07) is 2.32. The van der Waals surface area contributed by atoms with Crippen molar-refractivity contribution in [1.82, 2.24) is 4.90 Å². The molecule has 2 nitrogen and oxygen atoms in total. The molecule has 1 amide bonds. The maximum absolute atomic E-state index is 12.4. The van der Waals surface area contributed by atoms with E-state index >= 15 is 0 Å². The minimum absolute atomic E-state index is 0.164. The van der Waals surface area contributed by atoms with Crippen molar-refractivity contribution >= 4 is 28.8 Å². The number of carbonyl (C=O) groups excluding carboxylic acids is 1. The summed E-state index contributed by atoms with van der Waals surface area (Å²) in [6.45, 7) is 6.75. The molecule has 1 atom stereocenters. The van der Waals surface area contributed by atoms with Gasteiger partial charge < -0.3 is 4.90 Å². The normalized spacial score (nSPS) is 20.2. The highest BCUT2D eigenvalue weighted by atomic mass is 35.5. The Labute approximate surface area is 112 Å². The van der Waals surface area contributed by atoms with Crippen LogP contribution < -0.4 is 0 Å². The second-order valence-corrected chi connectivity index (χ2v) is 6.51. The van der Waals surface area contributed by atoms with Crippen LogP contribution >= 0.6 is 22.9 Å². The molecule has 1 aromatic heterocycles. The number of rotatable bonds is 2. The quantitative estimate of drug-likeness (QED) is 0.755. The predicted molar refractivity (Wildman–Crippen MR) is 72.7 cm³/mol. The summed E-state index contributed by atoms with van der Waals surface area (Å²) < 4.78 is 0. The van der Waals surface area contributed by atoms with Crippen molar-refractivity contribution in [2.75, 3.05) is 12.4 Å².